The average Bonchev–Trinajstić information content (AvgIpc) is 0.852. The summed E-state index contributed by atoms with van der Waals surface area (Å²) in [6.45, 7) is 7.86. The maximum Gasteiger partial charge on any atom is 0.327 e. The van der Waals surface area contributed by atoms with Gasteiger partial charge < -0.3 is 144 Å². The fourth-order valence-corrected chi connectivity index (χ4v) is 12.0. The first kappa shape index (κ1) is 111. The molecule has 0 fully saturated rings. The van der Waals surface area contributed by atoms with Crippen LogP contribution in [0.5, 0.6) is 0 Å². The van der Waals surface area contributed by atoms with E-state index in [0.29, 0.717) is 5.56 Å². The molecule has 0 aliphatic rings. The van der Waals surface area contributed by atoms with Gasteiger partial charge in [0.05, 0.1) is 51.9 Å². The number of amides is 16. The smallest absolute Gasteiger partial charge is 0.327 e. The Hall–Kier alpha value is -11.9. The van der Waals surface area contributed by atoms with E-state index in [9.17, 15) is 107 Å². The lowest BCUT2D eigenvalue weighted by atomic mass is 9.97. The van der Waals surface area contributed by atoms with Gasteiger partial charge in [0.15, 0.2) is 17.9 Å². The van der Waals surface area contributed by atoms with Gasteiger partial charge in [0.25, 0.3) is 0 Å². The Kier molecular flexibility index (Phi) is 53.1. The van der Waals surface area contributed by atoms with Crippen molar-refractivity contribution in [2.24, 2.45) is 46.6 Å². The highest BCUT2D eigenvalue weighted by Gasteiger charge is 2.38. The number of aliphatic hydroxyl groups excluding tert-OH is 2. The molecule has 702 valence electrons. The number of carboxylic acid groups (broad SMARTS) is 2. The third-order valence-corrected chi connectivity index (χ3v) is 19.1. The Bertz CT molecular complexity index is 3820. The van der Waals surface area contributed by atoms with Crippen molar-refractivity contribution in [3.05, 3.63) is 35.9 Å². The van der Waals surface area contributed by atoms with Crippen LogP contribution in [0.3, 0.4) is 0 Å². The van der Waals surface area contributed by atoms with Crippen LogP contribution in [0.4, 0.5) is 0 Å². The molecule has 1 rings (SSSR count). The predicted molar refractivity (Wildman–Crippen MR) is 460 cm³/mol. The van der Waals surface area contributed by atoms with Crippen LogP contribution in [-0.4, -0.2) is 294 Å². The van der Waals surface area contributed by atoms with Gasteiger partial charge in [-0.2, -0.15) is 25.3 Å². The van der Waals surface area contributed by atoms with Crippen molar-refractivity contribution in [1.29, 1.82) is 16.2 Å². The molecule has 1 aromatic carbocycles. The van der Waals surface area contributed by atoms with Crippen molar-refractivity contribution in [2.45, 2.75) is 211 Å². The highest BCUT2D eigenvalue weighted by atomic mass is 32.1. The van der Waals surface area contributed by atoms with E-state index in [4.69, 9.17) is 39.2 Å². The number of hydrogen-bond donors (Lipinski definition) is 32. The van der Waals surface area contributed by atoms with E-state index < -0.39 is 261 Å². The van der Waals surface area contributed by atoms with Crippen molar-refractivity contribution in [1.82, 2.24) is 101 Å². The summed E-state index contributed by atoms with van der Waals surface area (Å²) in [4.78, 5) is 243. The summed E-state index contributed by atoms with van der Waals surface area (Å²) in [7, 11) is 0. The molecule has 1 aromatic rings. The van der Waals surface area contributed by atoms with Gasteiger partial charge in [0.1, 0.15) is 72.5 Å². The summed E-state index contributed by atoms with van der Waals surface area (Å²) in [6, 6.07) is -11.3. The molecule has 14 atom stereocenters. The van der Waals surface area contributed by atoms with Gasteiger partial charge in [-0.15, -0.1) is 0 Å². The molecular formula is C75H128N26O22S2. The number of aliphatic hydroxyl groups is 2. The lowest BCUT2D eigenvalue weighted by Gasteiger charge is -2.29. The summed E-state index contributed by atoms with van der Waals surface area (Å²) in [6.07, 6.45) is -1.95. The van der Waals surface area contributed by atoms with E-state index in [1.54, 1.807) is 78.8 Å². The predicted octanol–water partition coefficient (Wildman–Crippen LogP) is -9.78. The highest BCUT2D eigenvalue weighted by Crippen LogP contribution is 2.15. The molecule has 0 aromatic heterocycles. The summed E-state index contributed by atoms with van der Waals surface area (Å²) in [5, 5.41) is 109. The van der Waals surface area contributed by atoms with Crippen LogP contribution in [0.25, 0.3) is 0 Å². The number of hydrogen-bond acceptors (Lipinski definition) is 26. The van der Waals surface area contributed by atoms with Crippen molar-refractivity contribution in [2.75, 3.05) is 70.5 Å². The quantitative estimate of drug-likeness (QED) is 0.0125. The summed E-state index contributed by atoms with van der Waals surface area (Å²) < 4.78 is 0. The first-order chi connectivity index (χ1) is 58.8. The van der Waals surface area contributed by atoms with Crippen molar-refractivity contribution < 1.29 is 107 Å². The molecule has 16 amide bonds. The lowest BCUT2D eigenvalue weighted by molar-refractivity contribution is -0.142. The van der Waals surface area contributed by atoms with Crippen LogP contribution >= 0.6 is 25.3 Å². The Morgan fingerprint density at radius 3 is 1.05 bits per heavy atom. The SMILES string of the molecule is CC[C@H](C)[C@H](NC(=O)[C@H](CCCNC(=N)N)NC(=O)[C@H](CC(=O)O)NC(=O)[C@H](CC(C)C)NC(=O)[C@H](CCCNC(=N)N)NC(=O)[C@H](CCCNC(=N)N)NC(=O)CNC(=O)[C@H](Cc1ccccc1)NC(=O)[C@@H](N)CS)C(=O)NCC(=O)N[C@@H](CO)C(=O)N[C@@H](CC(C)C)C(=O)N[C@@H](CO)C(=O)NCC(=O)N[C@@H](CC(C)C)C(=O)NCC(=O)N[C@@H](CS)C(=O)O. The number of carboxylic acids is 2. The molecule has 48 nitrogen and oxygen atoms in total. The van der Waals surface area contributed by atoms with Crippen LogP contribution in [-0.2, 0) is 92.7 Å². The molecule has 125 heavy (non-hydrogen) atoms. The van der Waals surface area contributed by atoms with Crippen molar-refractivity contribution >= 4 is 150 Å². The second kappa shape index (κ2) is 59.8. The molecule has 34 N–H and O–H groups in total. The van der Waals surface area contributed by atoms with Crippen molar-refractivity contribution in [3.63, 3.8) is 0 Å². The zero-order valence-corrected chi connectivity index (χ0v) is 73.1. The highest BCUT2D eigenvalue weighted by molar-refractivity contribution is 7.80. The molecule has 50 heteroatoms. The van der Waals surface area contributed by atoms with Gasteiger partial charge in [-0.3, -0.25) is 97.7 Å². The van der Waals surface area contributed by atoms with Crippen LogP contribution in [0, 0.1) is 39.9 Å². The third kappa shape index (κ3) is 46.4. The number of guanidine groups is 3. The third-order valence-electron chi connectivity index (χ3n) is 18.3. The van der Waals surface area contributed by atoms with E-state index >= 15 is 0 Å². The molecule has 0 unspecified atom stereocenters. The van der Waals surface area contributed by atoms with Gasteiger partial charge in [-0.05, 0) is 87.0 Å². The first-order valence-corrected chi connectivity index (χ1v) is 41.7. The molecular weight excluding hydrogens is 1680 g/mol. The van der Waals surface area contributed by atoms with Crippen LogP contribution in [0.1, 0.15) is 132 Å². The Morgan fingerprint density at radius 1 is 0.368 bits per heavy atom. The lowest BCUT2D eigenvalue weighted by Crippen LogP contribution is -2.61. The molecule has 0 aliphatic carbocycles. The fourth-order valence-electron chi connectivity index (χ4n) is 11.6. The minimum Gasteiger partial charge on any atom is -0.481 e. The molecule has 0 heterocycles. The second-order valence-electron chi connectivity index (χ2n) is 30.5. The molecule has 0 spiro atoms. The van der Waals surface area contributed by atoms with Gasteiger partial charge in [-0.1, -0.05) is 92.1 Å². The minimum absolute atomic E-state index is 0.0174. The number of rotatable bonds is 61. The van der Waals surface area contributed by atoms with E-state index in [0.717, 1.165) is 0 Å². The topological polar surface area (TPSA) is 792 Å². The fraction of sp³-hybridized carbons (Fsp3) is 0.640. The largest absolute Gasteiger partial charge is 0.481 e. The van der Waals surface area contributed by atoms with E-state index in [1.807, 2.05) is 0 Å². The van der Waals surface area contributed by atoms with E-state index in [1.165, 1.54) is 6.92 Å². The van der Waals surface area contributed by atoms with Gasteiger partial charge in [0, 0.05) is 37.6 Å². The van der Waals surface area contributed by atoms with E-state index in [2.05, 4.69) is 126 Å². The summed E-state index contributed by atoms with van der Waals surface area (Å²) >= 11 is 7.92. The van der Waals surface area contributed by atoms with Gasteiger partial charge in [-0.25, -0.2) is 4.79 Å². The molecule has 0 radical (unpaired) electrons. The monoisotopic (exact) mass is 1810 g/mol. The normalized spacial score (nSPS) is 14.3. The maximum absolute atomic E-state index is 14.6. The van der Waals surface area contributed by atoms with Crippen LogP contribution in [0.2, 0.25) is 0 Å². The Labute approximate surface area is 734 Å². The number of thiol groups is 2. The number of benzene rings is 1. The van der Waals surface area contributed by atoms with E-state index in [-0.39, 0.29) is 114 Å². The van der Waals surface area contributed by atoms with Gasteiger partial charge in [0.2, 0.25) is 94.5 Å². The standard InChI is InChI=1S/C75H128N26O22S2/c1-9-40(8)59(71(121)89-32-56(106)92-52(34-103)70(120)98-48(26-39(6)7)68(118)100-51(33-102)63(113)88-30-55(105)91-46(24-37(2)3)61(111)86-31-57(107)93-53(36-125)72(122)123)101-66(116)45(20-15-23-85-75(81)82)95-69(119)50(28-58(108)109)99-67(117)47(25-38(4)5)97-65(115)44(19-14-22-84-74(79)80)94-64(114)43(18-13-21-83-73(77)78)90-54(104)29-87-62(112)49(96-60(110)42(76)35-124)27-41-16-11-10-12-17-41/h10-12,16-17,37-40,42-53,59,102-103,124-125H,9,13-15,18-36,76H2,1-8H3,(H,86,111)(H,87,112)(H,88,113)(H,89,121)(H,90,104)(H,91,105)(H,92,106)(H,93,107)(H,94,114)(H,95,119)(H,96,110)(H,97,115)(H,98,120)(H,99,117)(H,100,118)(H,101,116)(H,108,109)(H,122,123)(H4,77,78,83)(H4,79,80,84)(H4,81,82,85)/t40-,42-,43-,44-,45-,46-,47-,48-,49-,50-,51-,52-,53-,59-/m0/s1. The minimum atomic E-state index is -2.02. The van der Waals surface area contributed by atoms with Crippen LogP contribution < -0.4 is 124 Å². The van der Waals surface area contributed by atoms with Crippen molar-refractivity contribution in [3.8, 4) is 0 Å². The first-order valence-electron chi connectivity index (χ1n) is 40.4. The molecule has 0 saturated carbocycles. The number of nitrogens with one attached hydrogen (secondary N) is 22. The number of carbonyl (C=O) groups excluding carboxylic acids is 16. The summed E-state index contributed by atoms with van der Waals surface area (Å²) in [5.41, 5.74) is 23.0. The summed E-state index contributed by atoms with van der Waals surface area (Å²) in [5.74, 6) is -22.3. The molecule has 0 saturated heterocycles. The van der Waals surface area contributed by atoms with Crippen LogP contribution in [0.15, 0.2) is 30.3 Å². The molecule has 0 aliphatic heterocycles. The average molecular weight is 1810 g/mol. The molecule has 0 bridgehead atoms. The zero-order valence-electron chi connectivity index (χ0n) is 71.3. The second-order valence-corrected chi connectivity index (χ2v) is 31.2. The Morgan fingerprint density at radius 2 is 0.672 bits per heavy atom. The number of nitrogens with two attached hydrogens (primary N) is 4. The number of aliphatic carboxylic acids is 2. The maximum atomic E-state index is 14.6. The number of carbonyl (C=O) groups is 18. The van der Waals surface area contributed by atoms with Gasteiger partial charge >= 0.3 is 11.9 Å². The zero-order chi connectivity index (χ0) is 94.8. The Balaban J connectivity index is 3.50.